The molecule has 0 aliphatic rings. The maximum Gasteiger partial charge on any atom is 0.349 e. The van der Waals surface area contributed by atoms with Gasteiger partial charge in [-0.15, -0.1) is 10.2 Å². The summed E-state index contributed by atoms with van der Waals surface area (Å²) in [6, 6.07) is 4.75. The Kier molecular flexibility index (Phi) is 4.86. The molecule has 10 nitrogen and oxygen atoms in total. The average Bonchev–Trinajstić information content (AvgIpc) is 2.72. The minimum atomic E-state index is -2.10. The molecule has 0 atom stereocenters. The molecule has 0 fully saturated rings. The fraction of sp³-hybridized carbons (Fsp3) is 0.176. The lowest BCUT2D eigenvalue weighted by molar-refractivity contribution is 0.454. The number of nitriles is 1. The molecule has 0 saturated heterocycles. The van der Waals surface area contributed by atoms with Crippen molar-refractivity contribution in [2.75, 3.05) is 0 Å². The number of rotatable bonds is 3. The summed E-state index contributed by atoms with van der Waals surface area (Å²) in [4.78, 5) is 36.5. The topological polar surface area (TPSA) is 147 Å². The SMILES string of the molecule is [2H]C([2H])CC([2H])([2H])[2H].[2H]c1cc(Oc2c(Cl)cc(-n3nc(C#N)c(=O)[nH]c3=O)cc2Cl)n[nH]c1=O. The lowest BCUT2D eigenvalue weighted by Gasteiger charge is -2.11. The van der Waals surface area contributed by atoms with Crippen LogP contribution in [0.25, 0.3) is 5.69 Å². The summed E-state index contributed by atoms with van der Waals surface area (Å²) in [6.45, 7) is -3.32. The zero-order chi connectivity index (χ0) is 26.5. The molecule has 1 aromatic carbocycles. The molecule has 3 rings (SSSR count). The van der Waals surface area contributed by atoms with E-state index in [9.17, 15) is 14.4 Å². The van der Waals surface area contributed by atoms with Gasteiger partial charge in [-0.2, -0.15) is 9.94 Å². The van der Waals surface area contributed by atoms with E-state index in [2.05, 4.69) is 15.3 Å². The number of aromatic nitrogens is 5. The monoisotopic (exact) mass is 442 g/mol. The van der Waals surface area contributed by atoms with E-state index in [1.165, 1.54) is 12.1 Å². The first kappa shape index (κ1) is 14.6. The van der Waals surface area contributed by atoms with Crippen LogP contribution in [0.3, 0.4) is 0 Å². The van der Waals surface area contributed by atoms with Crippen LogP contribution in [-0.4, -0.2) is 25.0 Å². The third-order valence-electron chi connectivity index (χ3n) is 2.96. The third-order valence-corrected chi connectivity index (χ3v) is 3.52. The molecule has 150 valence electrons. The maximum absolute atomic E-state index is 11.9. The molecule has 29 heavy (non-hydrogen) atoms. The van der Waals surface area contributed by atoms with E-state index < -0.39 is 36.2 Å². The quantitative estimate of drug-likeness (QED) is 0.632. The zero-order valence-corrected chi connectivity index (χ0v) is 15.7. The van der Waals surface area contributed by atoms with E-state index in [0.717, 1.165) is 10.7 Å². The van der Waals surface area contributed by atoms with E-state index in [1.54, 1.807) is 6.07 Å². The third kappa shape index (κ3) is 5.31. The number of halogens is 2. The van der Waals surface area contributed by atoms with Gasteiger partial charge in [0, 0.05) is 19.0 Å². The van der Waals surface area contributed by atoms with Crippen molar-refractivity contribution in [2.45, 2.75) is 20.1 Å². The van der Waals surface area contributed by atoms with Gasteiger partial charge < -0.3 is 4.74 Å². The number of aromatic amines is 2. The highest BCUT2D eigenvalue weighted by Crippen LogP contribution is 2.37. The number of nitrogens with zero attached hydrogens (tertiary/aromatic N) is 4. The van der Waals surface area contributed by atoms with Gasteiger partial charge >= 0.3 is 5.69 Å². The summed E-state index contributed by atoms with van der Waals surface area (Å²) in [5.74, 6) is -0.193. The summed E-state index contributed by atoms with van der Waals surface area (Å²) in [6.07, 6.45) is -0.340. The summed E-state index contributed by atoms with van der Waals surface area (Å²) in [7, 11) is 0. The van der Waals surface area contributed by atoms with Gasteiger partial charge in [-0.3, -0.25) is 14.6 Å². The molecule has 12 heteroatoms. The molecule has 2 heterocycles. The summed E-state index contributed by atoms with van der Waals surface area (Å²) in [5.41, 5.74) is -2.99. The van der Waals surface area contributed by atoms with Crippen LogP contribution in [0.5, 0.6) is 11.6 Å². The molecular weight excluding hydrogens is 423 g/mol. The summed E-state index contributed by atoms with van der Waals surface area (Å²) < 4.78 is 46.3. The molecule has 0 aliphatic heterocycles. The Balaban J connectivity index is 0.000000466. The number of ether oxygens (including phenoxy) is 1. The van der Waals surface area contributed by atoms with Crippen molar-refractivity contribution < 1.29 is 13.0 Å². The molecule has 0 bridgehead atoms. The molecule has 0 aliphatic carbocycles. The van der Waals surface area contributed by atoms with E-state index in [0.29, 0.717) is 0 Å². The van der Waals surface area contributed by atoms with Crippen LogP contribution >= 0.6 is 23.2 Å². The zero-order valence-electron chi connectivity index (χ0n) is 20.2. The van der Waals surface area contributed by atoms with Gasteiger partial charge in [-0.1, -0.05) is 43.4 Å². The second kappa shape index (κ2) is 9.68. The van der Waals surface area contributed by atoms with Crippen LogP contribution in [0.1, 0.15) is 34.1 Å². The molecule has 0 amide bonds. The highest BCUT2D eigenvalue weighted by molar-refractivity contribution is 6.37. The van der Waals surface area contributed by atoms with Crippen molar-refractivity contribution in [1.29, 1.82) is 5.26 Å². The minimum Gasteiger partial charge on any atom is -0.434 e. The first-order valence-electron chi connectivity index (χ1n) is 10.6. The van der Waals surface area contributed by atoms with Crippen LogP contribution in [0.15, 0.2) is 38.6 Å². The van der Waals surface area contributed by atoms with Gasteiger partial charge in [0.05, 0.1) is 17.1 Å². The molecule has 0 unspecified atom stereocenters. The Bertz CT molecular complexity index is 1420. The highest BCUT2D eigenvalue weighted by Gasteiger charge is 2.15. The predicted octanol–water partition coefficient (Wildman–Crippen LogP) is 2.39. The van der Waals surface area contributed by atoms with E-state index in [4.69, 9.17) is 41.4 Å². The number of benzene rings is 1. The summed E-state index contributed by atoms with van der Waals surface area (Å²) >= 11 is 12.3. The lowest BCUT2D eigenvalue weighted by Crippen LogP contribution is -2.33. The second-order valence-corrected chi connectivity index (χ2v) is 5.67. The lowest BCUT2D eigenvalue weighted by atomic mass is 10.3. The smallest absolute Gasteiger partial charge is 0.349 e. The van der Waals surface area contributed by atoms with Gasteiger partial charge in [-0.25, -0.2) is 9.89 Å². The van der Waals surface area contributed by atoms with Crippen molar-refractivity contribution in [3.8, 4) is 23.4 Å². The van der Waals surface area contributed by atoms with Crippen molar-refractivity contribution in [3.05, 3.63) is 71.2 Å². The van der Waals surface area contributed by atoms with Gasteiger partial charge in [0.25, 0.3) is 11.1 Å². The maximum atomic E-state index is 11.9. The molecule has 0 spiro atoms. The van der Waals surface area contributed by atoms with E-state index >= 15 is 0 Å². The highest BCUT2D eigenvalue weighted by atomic mass is 35.5. The van der Waals surface area contributed by atoms with Gasteiger partial charge in [0.15, 0.2) is 5.75 Å². The minimum absolute atomic E-state index is 0.0565. The fourth-order valence-corrected chi connectivity index (χ4v) is 2.42. The Morgan fingerprint density at radius 2 is 2.07 bits per heavy atom. The Morgan fingerprint density at radius 1 is 1.34 bits per heavy atom. The van der Waals surface area contributed by atoms with Crippen LogP contribution in [0.4, 0.5) is 0 Å². The van der Waals surface area contributed by atoms with E-state index in [-0.39, 0.29) is 39.8 Å². The van der Waals surface area contributed by atoms with Crippen LogP contribution < -0.4 is 21.5 Å². The molecule has 2 aromatic heterocycles. The van der Waals surface area contributed by atoms with Crippen LogP contribution in [0.2, 0.25) is 10.0 Å². The molecule has 0 saturated carbocycles. The van der Waals surface area contributed by atoms with Crippen LogP contribution in [0, 0.1) is 11.3 Å². The van der Waals surface area contributed by atoms with Crippen molar-refractivity contribution in [3.63, 3.8) is 0 Å². The standard InChI is InChI=1S/C14H6Cl2N6O4.C3H8/c15-7-3-6(22-14(25)18-13(24)9(5-17)21-22)4-8(16)12(7)26-11-2-1-10(23)19-20-11;1-3-2/h1-4H,(H,19,23)(H,18,24,25);3H2,1-2H3/i1D;1D2,2D3. The fourth-order valence-electron chi connectivity index (χ4n) is 1.87. The Hall–Kier alpha value is -3.42. The number of nitrogens with one attached hydrogen (secondary N) is 2. The number of hydrogen-bond acceptors (Lipinski definition) is 7. The largest absolute Gasteiger partial charge is 0.434 e. The van der Waals surface area contributed by atoms with Crippen molar-refractivity contribution in [2.24, 2.45) is 0 Å². The number of H-pyrrole nitrogens is 2. The van der Waals surface area contributed by atoms with Gasteiger partial charge in [0.2, 0.25) is 11.6 Å². The predicted molar refractivity (Wildman–Crippen MR) is 106 cm³/mol. The molecular formula is C17H14Cl2N6O4. The Labute approximate surface area is 181 Å². The molecule has 0 radical (unpaired) electrons. The van der Waals surface area contributed by atoms with E-state index in [1.807, 2.05) is 4.98 Å². The van der Waals surface area contributed by atoms with Crippen molar-refractivity contribution >= 4 is 23.2 Å². The summed E-state index contributed by atoms with van der Waals surface area (Å²) in [5, 5.41) is 18.1. The van der Waals surface area contributed by atoms with Crippen molar-refractivity contribution in [1.82, 2.24) is 25.0 Å². The first-order chi connectivity index (χ1) is 16.2. The normalized spacial score (nSPS) is 13.4. The number of hydrogen-bond donors (Lipinski definition) is 2. The van der Waals surface area contributed by atoms with Gasteiger partial charge in [-0.05, 0) is 12.1 Å². The average molecular weight is 443 g/mol. The molecule has 3 aromatic rings. The Morgan fingerprint density at radius 3 is 2.62 bits per heavy atom. The second-order valence-electron chi connectivity index (χ2n) is 4.86. The first-order valence-corrected chi connectivity index (χ1v) is 8.19. The van der Waals surface area contributed by atoms with Gasteiger partial charge in [0.1, 0.15) is 6.07 Å². The van der Waals surface area contributed by atoms with Crippen LogP contribution in [-0.2, 0) is 0 Å². The molecule has 2 N–H and O–H groups in total.